The highest BCUT2D eigenvalue weighted by Gasteiger charge is 2.10. The molecule has 0 amide bonds. The van der Waals surface area contributed by atoms with Gasteiger partial charge in [0.2, 0.25) is 11.7 Å². The molecule has 6 heteroatoms. The zero-order valence-electron chi connectivity index (χ0n) is 11.6. The van der Waals surface area contributed by atoms with Gasteiger partial charge in [-0.25, -0.2) is 0 Å². The van der Waals surface area contributed by atoms with Crippen LogP contribution in [0.3, 0.4) is 0 Å². The topological polar surface area (TPSA) is 74.2 Å². The van der Waals surface area contributed by atoms with Gasteiger partial charge in [0.05, 0.1) is 0 Å². The van der Waals surface area contributed by atoms with E-state index in [0.29, 0.717) is 16.7 Å². The second-order valence-electron chi connectivity index (χ2n) is 4.64. The van der Waals surface area contributed by atoms with Crippen molar-refractivity contribution in [3.8, 4) is 5.75 Å². The van der Waals surface area contributed by atoms with Crippen molar-refractivity contribution < 1.29 is 9.26 Å². The molecular formula is C14H18ClN3O2. The Balaban J connectivity index is 2.09. The monoisotopic (exact) mass is 295 g/mol. The van der Waals surface area contributed by atoms with Crippen LogP contribution in [-0.2, 0) is 13.0 Å². The SMILES string of the molecule is CCC(N)Cc1cc(Cl)ccc1OCc1noc(C)n1. The number of nitrogens with two attached hydrogens (primary N) is 1. The number of halogens is 1. The van der Waals surface area contributed by atoms with E-state index in [1.54, 1.807) is 13.0 Å². The quantitative estimate of drug-likeness (QED) is 0.887. The van der Waals surface area contributed by atoms with Crippen LogP contribution in [0.4, 0.5) is 0 Å². The number of benzene rings is 1. The van der Waals surface area contributed by atoms with E-state index in [-0.39, 0.29) is 12.6 Å². The molecule has 2 N–H and O–H groups in total. The largest absolute Gasteiger partial charge is 0.485 e. The van der Waals surface area contributed by atoms with Crippen molar-refractivity contribution >= 4 is 11.6 Å². The number of aromatic nitrogens is 2. The summed E-state index contributed by atoms with van der Waals surface area (Å²) in [7, 11) is 0. The van der Waals surface area contributed by atoms with Gasteiger partial charge in [0.25, 0.3) is 0 Å². The van der Waals surface area contributed by atoms with E-state index in [4.69, 9.17) is 26.6 Å². The normalized spacial score (nSPS) is 12.4. The number of hydrogen-bond acceptors (Lipinski definition) is 5. The van der Waals surface area contributed by atoms with Crippen LogP contribution in [0.25, 0.3) is 0 Å². The standard InChI is InChI=1S/C14H18ClN3O2/c1-3-12(16)7-10-6-11(15)4-5-13(10)19-8-14-17-9(2)20-18-14/h4-6,12H,3,7-8,16H2,1-2H3. The van der Waals surface area contributed by atoms with Crippen LogP contribution >= 0.6 is 11.6 Å². The van der Waals surface area contributed by atoms with Crippen molar-refractivity contribution in [2.24, 2.45) is 5.73 Å². The molecule has 2 rings (SSSR count). The maximum atomic E-state index is 6.03. The Morgan fingerprint density at radius 3 is 2.90 bits per heavy atom. The van der Waals surface area contributed by atoms with Gasteiger partial charge in [0, 0.05) is 18.0 Å². The zero-order chi connectivity index (χ0) is 14.5. The van der Waals surface area contributed by atoms with Gasteiger partial charge in [-0.3, -0.25) is 0 Å². The lowest BCUT2D eigenvalue weighted by molar-refractivity contribution is 0.282. The average Bonchev–Trinajstić information content (AvgIpc) is 2.83. The maximum Gasteiger partial charge on any atom is 0.223 e. The van der Waals surface area contributed by atoms with Crippen molar-refractivity contribution in [1.29, 1.82) is 0 Å². The van der Waals surface area contributed by atoms with Crippen molar-refractivity contribution in [1.82, 2.24) is 10.1 Å². The van der Waals surface area contributed by atoms with E-state index < -0.39 is 0 Å². The minimum Gasteiger partial charge on any atom is -0.485 e. The number of rotatable bonds is 6. The van der Waals surface area contributed by atoms with Crippen molar-refractivity contribution in [2.45, 2.75) is 39.3 Å². The Bertz CT molecular complexity index is 571. The highest BCUT2D eigenvalue weighted by atomic mass is 35.5. The average molecular weight is 296 g/mol. The molecule has 0 aliphatic rings. The second kappa shape index (κ2) is 6.72. The fourth-order valence-corrected chi connectivity index (χ4v) is 2.01. The number of ether oxygens (including phenoxy) is 1. The third kappa shape index (κ3) is 3.95. The first kappa shape index (κ1) is 14.8. The first-order valence-corrected chi connectivity index (χ1v) is 6.92. The fraction of sp³-hybridized carbons (Fsp3) is 0.429. The summed E-state index contributed by atoms with van der Waals surface area (Å²) in [5.74, 6) is 1.79. The van der Waals surface area contributed by atoms with Gasteiger partial charge >= 0.3 is 0 Å². The van der Waals surface area contributed by atoms with Gasteiger partial charge in [-0.2, -0.15) is 4.98 Å². The lowest BCUT2D eigenvalue weighted by Crippen LogP contribution is -2.21. The van der Waals surface area contributed by atoms with Gasteiger partial charge < -0.3 is 15.0 Å². The van der Waals surface area contributed by atoms with Crippen molar-refractivity contribution in [2.75, 3.05) is 0 Å². The molecule has 0 fully saturated rings. The van der Waals surface area contributed by atoms with Gasteiger partial charge in [0.15, 0.2) is 6.61 Å². The molecule has 0 aliphatic heterocycles. The molecule has 0 bridgehead atoms. The summed E-state index contributed by atoms with van der Waals surface area (Å²) in [6, 6.07) is 5.60. The lowest BCUT2D eigenvalue weighted by Gasteiger charge is -2.14. The van der Waals surface area contributed by atoms with Crippen molar-refractivity contribution in [3.63, 3.8) is 0 Å². The lowest BCUT2D eigenvalue weighted by atomic mass is 10.0. The van der Waals surface area contributed by atoms with Crippen LogP contribution in [-0.4, -0.2) is 16.2 Å². The third-order valence-electron chi connectivity index (χ3n) is 2.96. The highest BCUT2D eigenvalue weighted by molar-refractivity contribution is 6.30. The van der Waals surface area contributed by atoms with Crippen molar-refractivity contribution in [3.05, 3.63) is 40.5 Å². The number of hydrogen-bond donors (Lipinski definition) is 1. The Morgan fingerprint density at radius 2 is 2.25 bits per heavy atom. The summed E-state index contributed by atoms with van der Waals surface area (Å²) < 4.78 is 10.6. The number of aryl methyl sites for hydroxylation is 1. The summed E-state index contributed by atoms with van der Waals surface area (Å²) in [5.41, 5.74) is 6.99. The molecule has 1 aromatic carbocycles. The number of nitrogens with zero attached hydrogens (tertiary/aromatic N) is 2. The first-order chi connectivity index (χ1) is 9.58. The molecule has 2 aromatic rings. The minimum atomic E-state index is 0.0863. The smallest absolute Gasteiger partial charge is 0.223 e. The van der Waals surface area contributed by atoms with Crippen LogP contribution in [0.2, 0.25) is 5.02 Å². The Kier molecular flexibility index (Phi) is 4.98. The predicted octanol–water partition coefficient (Wildman–Crippen LogP) is 2.89. The molecular weight excluding hydrogens is 278 g/mol. The van der Waals surface area contributed by atoms with Gasteiger partial charge in [-0.15, -0.1) is 0 Å². The molecule has 1 atom stereocenters. The molecule has 0 saturated carbocycles. The molecule has 1 heterocycles. The Labute approximate surface area is 123 Å². The highest BCUT2D eigenvalue weighted by Crippen LogP contribution is 2.25. The third-order valence-corrected chi connectivity index (χ3v) is 3.19. The maximum absolute atomic E-state index is 6.03. The van der Waals surface area contributed by atoms with E-state index >= 15 is 0 Å². The summed E-state index contributed by atoms with van der Waals surface area (Å²) in [6.45, 7) is 4.05. The minimum absolute atomic E-state index is 0.0863. The fourth-order valence-electron chi connectivity index (χ4n) is 1.82. The van der Waals surface area contributed by atoms with E-state index in [9.17, 15) is 0 Å². The molecule has 0 spiro atoms. The second-order valence-corrected chi connectivity index (χ2v) is 5.08. The Morgan fingerprint density at radius 1 is 1.45 bits per heavy atom. The summed E-state index contributed by atoms with van der Waals surface area (Å²) in [6.07, 6.45) is 1.62. The molecule has 0 aliphatic carbocycles. The Hall–Kier alpha value is -1.59. The van der Waals surface area contributed by atoms with Crippen LogP contribution in [0.1, 0.15) is 30.6 Å². The molecule has 1 aromatic heterocycles. The van der Waals surface area contributed by atoms with E-state index in [1.165, 1.54) is 0 Å². The van der Waals surface area contributed by atoms with E-state index in [2.05, 4.69) is 17.1 Å². The zero-order valence-corrected chi connectivity index (χ0v) is 12.4. The van der Waals surface area contributed by atoms with Crippen LogP contribution in [0.5, 0.6) is 5.75 Å². The van der Waals surface area contributed by atoms with Crippen LogP contribution in [0, 0.1) is 6.92 Å². The predicted molar refractivity (Wildman–Crippen MR) is 76.8 cm³/mol. The van der Waals surface area contributed by atoms with Crippen LogP contribution in [0.15, 0.2) is 22.7 Å². The van der Waals surface area contributed by atoms with E-state index in [0.717, 1.165) is 24.2 Å². The molecule has 20 heavy (non-hydrogen) atoms. The molecule has 0 saturated heterocycles. The molecule has 108 valence electrons. The summed E-state index contributed by atoms with van der Waals surface area (Å²) >= 11 is 6.03. The van der Waals surface area contributed by atoms with Gasteiger partial charge in [-0.05, 0) is 36.6 Å². The summed E-state index contributed by atoms with van der Waals surface area (Å²) in [4.78, 5) is 4.10. The van der Waals surface area contributed by atoms with Gasteiger partial charge in [-0.1, -0.05) is 23.7 Å². The molecule has 5 nitrogen and oxygen atoms in total. The van der Waals surface area contributed by atoms with Crippen LogP contribution < -0.4 is 10.5 Å². The first-order valence-electron chi connectivity index (χ1n) is 6.54. The molecule has 1 unspecified atom stereocenters. The van der Waals surface area contributed by atoms with Gasteiger partial charge in [0.1, 0.15) is 5.75 Å². The molecule has 0 radical (unpaired) electrons. The van der Waals surface area contributed by atoms with E-state index in [1.807, 2.05) is 12.1 Å². The summed E-state index contributed by atoms with van der Waals surface area (Å²) in [5, 5.41) is 4.47.